The van der Waals surface area contributed by atoms with Crippen LogP contribution in [0.3, 0.4) is 0 Å². The minimum atomic E-state index is -0.388. The van der Waals surface area contributed by atoms with Crippen LogP contribution in [0.2, 0.25) is 10.0 Å². The first kappa shape index (κ1) is 18.7. The van der Waals surface area contributed by atoms with Gasteiger partial charge in [-0.05, 0) is 43.9 Å². The molecule has 0 saturated carbocycles. The Labute approximate surface area is 174 Å². The highest BCUT2D eigenvalue weighted by molar-refractivity contribution is 7.22. The van der Waals surface area contributed by atoms with E-state index in [0.29, 0.717) is 32.1 Å². The number of hydrogen-bond acceptors (Lipinski definition) is 5. The van der Waals surface area contributed by atoms with Gasteiger partial charge in [0.25, 0.3) is 5.91 Å². The number of fused-ring (bicyclic) bond motifs is 2. The van der Waals surface area contributed by atoms with Crippen molar-refractivity contribution >= 4 is 72.8 Å². The van der Waals surface area contributed by atoms with E-state index in [1.165, 1.54) is 22.7 Å². The number of esters is 1. The van der Waals surface area contributed by atoms with E-state index < -0.39 is 0 Å². The number of aryl methyl sites for hydroxylation is 1. The van der Waals surface area contributed by atoms with Gasteiger partial charge in [0.2, 0.25) is 0 Å². The number of ether oxygens (including phenoxy) is 1. The fraction of sp³-hybridized carbons (Fsp3) is 0.263. The Hall–Kier alpha value is -1.60. The van der Waals surface area contributed by atoms with E-state index >= 15 is 0 Å². The second-order valence-corrected chi connectivity index (χ2v) is 9.09. The van der Waals surface area contributed by atoms with E-state index in [0.717, 1.165) is 39.8 Å². The number of rotatable bonds is 4. The lowest BCUT2D eigenvalue weighted by Crippen LogP contribution is -2.14. The van der Waals surface area contributed by atoms with Gasteiger partial charge in [-0.15, -0.1) is 22.7 Å². The van der Waals surface area contributed by atoms with Gasteiger partial charge >= 0.3 is 5.97 Å². The molecule has 0 aliphatic heterocycles. The van der Waals surface area contributed by atoms with Crippen molar-refractivity contribution < 1.29 is 14.3 Å². The van der Waals surface area contributed by atoms with Gasteiger partial charge in [0.05, 0.1) is 17.2 Å². The third kappa shape index (κ3) is 3.36. The lowest BCUT2D eigenvalue weighted by molar-refractivity contribution is 0.0527. The van der Waals surface area contributed by atoms with Crippen molar-refractivity contribution in [2.45, 2.75) is 26.2 Å². The van der Waals surface area contributed by atoms with Crippen molar-refractivity contribution in [3.63, 3.8) is 0 Å². The third-order valence-electron chi connectivity index (χ3n) is 4.43. The van der Waals surface area contributed by atoms with E-state index in [4.69, 9.17) is 27.9 Å². The van der Waals surface area contributed by atoms with Gasteiger partial charge in [0.15, 0.2) is 0 Å². The zero-order valence-electron chi connectivity index (χ0n) is 14.4. The van der Waals surface area contributed by atoms with Gasteiger partial charge in [0, 0.05) is 20.0 Å². The molecule has 4 nitrogen and oxygen atoms in total. The number of carbonyl (C=O) groups excluding carboxylic acids is 2. The Morgan fingerprint density at radius 1 is 1.22 bits per heavy atom. The Morgan fingerprint density at radius 2 is 2.04 bits per heavy atom. The van der Waals surface area contributed by atoms with Crippen LogP contribution in [-0.4, -0.2) is 18.5 Å². The standard InChI is InChI=1S/C19H15Cl2NO3S2/c1-2-25-19(24)14-10-4-3-5-12(10)27-18(14)22-17(23)16-15(21)11-7-6-9(20)8-13(11)26-16/h6-8H,2-5H2,1H3,(H,22,23). The highest BCUT2D eigenvalue weighted by Gasteiger charge is 2.29. The van der Waals surface area contributed by atoms with Gasteiger partial charge in [0.1, 0.15) is 9.88 Å². The summed E-state index contributed by atoms with van der Waals surface area (Å²) >= 11 is 15.2. The molecule has 4 rings (SSSR count). The molecule has 1 amide bonds. The maximum absolute atomic E-state index is 12.9. The molecule has 3 aromatic rings. The summed E-state index contributed by atoms with van der Waals surface area (Å²) in [7, 11) is 0. The zero-order chi connectivity index (χ0) is 19.1. The summed E-state index contributed by atoms with van der Waals surface area (Å²) in [6, 6.07) is 5.33. The van der Waals surface area contributed by atoms with E-state index in [2.05, 4.69) is 5.32 Å². The molecule has 1 aliphatic rings. The average molecular weight is 440 g/mol. The maximum Gasteiger partial charge on any atom is 0.341 e. The second kappa shape index (κ2) is 7.43. The lowest BCUT2D eigenvalue weighted by Gasteiger charge is -2.07. The minimum Gasteiger partial charge on any atom is -0.462 e. The first-order chi connectivity index (χ1) is 13.0. The summed E-state index contributed by atoms with van der Waals surface area (Å²) in [6.45, 7) is 2.06. The SMILES string of the molecule is CCOC(=O)c1c(NC(=O)c2sc3cc(Cl)ccc3c2Cl)sc2c1CCC2. The molecule has 0 saturated heterocycles. The van der Waals surface area contributed by atoms with E-state index in [1.807, 2.05) is 0 Å². The molecule has 2 aromatic heterocycles. The first-order valence-corrected chi connectivity index (χ1v) is 10.9. The van der Waals surface area contributed by atoms with Crippen molar-refractivity contribution in [3.8, 4) is 0 Å². The van der Waals surface area contributed by atoms with E-state index in [9.17, 15) is 9.59 Å². The highest BCUT2D eigenvalue weighted by atomic mass is 35.5. The molecule has 0 bridgehead atoms. The number of thiophene rings is 2. The Balaban J connectivity index is 1.70. The van der Waals surface area contributed by atoms with Gasteiger partial charge in [-0.1, -0.05) is 29.3 Å². The Kier molecular flexibility index (Phi) is 5.16. The van der Waals surface area contributed by atoms with Crippen molar-refractivity contribution in [1.29, 1.82) is 0 Å². The summed E-state index contributed by atoms with van der Waals surface area (Å²) in [5.74, 6) is -0.718. The zero-order valence-corrected chi connectivity index (χ0v) is 17.5. The molecule has 27 heavy (non-hydrogen) atoms. The van der Waals surface area contributed by atoms with Crippen molar-refractivity contribution in [2.24, 2.45) is 0 Å². The lowest BCUT2D eigenvalue weighted by atomic mass is 10.1. The van der Waals surface area contributed by atoms with Crippen LogP contribution in [0.25, 0.3) is 10.1 Å². The fourth-order valence-corrected chi connectivity index (χ4v) is 6.22. The highest BCUT2D eigenvalue weighted by Crippen LogP contribution is 2.41. The maximum atomic E-state index is 12.9. The fourth-order valence-electron chi connectivity index (χ4n) is 3.26. The van der Waals surface area contributed by atoms with Crippen LogP contribution in [0.1, 0.15) is 43.8 Å². The topological polar surface area (TPSA) is 55.4 Å². The number of nitrogens with one attached hydrogen (secondary N) is 1. The summed E-state index contributed by atoms with van der Waals surface area (Å²) < 4.78 is 6.05. The molecule has 0 fully saturated rings. The molecule has 0 atom stereocenters. The van der Waals surface area contributed by atoms with E-state index in [1.54, 1.807) is 25.1 Å². The Morgan fingerprint density at radius 3 is 2.81 bits per heavy atom. The number of carbonyl (C=O) groups is 2. The van der Waals surface area contributed by atoms with Gasteiger partial charge in [-0.3, -0.25) is 4.79 Å². The van der Waals surface area contributed by atoms with Crippen molar-refractivity contribution in [2.75, 3.05) is 11.9 Å². The largest absolute Gasteiger partial charge is 0.462 e. The molecule has 0 spiro atoms. The molecule has 8 heteroatoms. The van der Waals surface area contributed by atoms with Gasteiger partial charge in [-0.25, -0.2) is 4.79 Å². The van der Waals surface area contributed by atoms with Crippen LogP contribution in [-0.2, 0) is 17.6 Å². The minimum absolute atomic E-state index is 0.291. The number of anilines is 1. The molecule has 1 aliphatic carbocycles. The Bertz CT molecular complexity index is 1070. The molecule has 140 valence electrons. The molecule has 1 N–H and O–H groups in total. The van der Waals surface area contributed by atoms with E-state index in [-0.39, 0.29) is 11.9 Å². The molecule has 0 unspecified atom stereocenters. The molecule has 2 heterocycles. The summed E-state index contributed by atoms with van der Waals surface area (Å²) in [6.07, 6.45) is 2.77. The van der Waals surface area contributed by atoms with Crippen LogP contribution in [0, 0.1) is 0 Å². The summed E-state index contributed by atoms with van der Waals surface area (Å²) in [5, 5.41) is 5.19. The summed E-state index contributed by atoms with van der Waals surface area (Å²) in [4.78, 5) is 26.9. The quantitative estimate of drug-likeness (QED) is 0.493. The predicted octanol–water partition coefficient (Wildman–Crippen LogP) is 6.19. The van der Waals surface area contributed by atoms with Crippen molar-refractivity contribution in [3.05, 3.63) is 49.1 Å². The number of amides is 1. The molecular weight excluding hydrogens is 425 g/mol. The molecule has 1 aromatic carbocycles. The molecule has 0 radical (unpaired) electrons. The van der Waals surface area contributed by atoms with Crippen LogP contribution in [0.4, 0.5) is 5.00 Å². The third-order valence-corrected chi connectivity index (χ3v) is 7.52. The monoisotopic (exact) mass is 439 g/mol. The summed E-state index contributed by atoms with van der Waals surface area (Å²) in [5.41, 5.74) is 1.49. The second-order valence-electron chi connectivity index (χ2n) is 6.12. The van der Waals surface area contributed by atoms with Crippen LogP contribution in [0.15, 0.2) is 18.2 Å². The average Bonchev–Trinajstić information content (AvgIpc) is 3.28. The molecular formula is C19H15Cl2NO3S2. The first-order valence-electron chi connectivity index (χ1n) is 8.50. The van der Waals surface area contributed by atoms with Crippen LogP contribution < -0.4 is 5.32 Å². The number of hydrogen-bond donors (Lipinski definition) is 1. The number of halogens is 2. The van der Waals surface area contributed by atoms with Gasteiger partial charge in [-0.2, -0.15) is 0 Å². The van der Waals surface area contributed by atoms with Crippen LogP contribution >= 0.6 is 45.9 Å². The van der Waals surface area contributed by atoms with Gasteiger partial charge < -0.3 is 10.1 Å². The number of benzene rings is 1. The van der Waals surface area contributed by atoms with Crippen LogP contribution in [0.5, 0.6) is 0 Å². The smallest absolute Gasteiger partial charge is 0.341 e. The van der Waals surface area contributed by atoms with Crippen molar-refractivity contribution in [1.82, 2.24) is 0 Å². The predicted molar refractivity (Wildman–Crippen MR) is 112 cm³/mol. The normalized spacial score (nSPS) is 13.0.